The van der Waals surface area contributed by atoms with Crippen molar-refractivity contribution in [2.24, 2.45) is 0 Å². The van der Waals surface area contributed by atoms with E-state index in [1.54, 1.807) is 6.08 Å². The molecule has 9 nitrogen and oxygen atoms in total. The van der Waals surface area contributed by atoms with E-state index in [9.17, 15) is 30.3 Å². The average Bonchev–Trinajstić information content (AvgIpc) is 3.17. The molecule has 1 amide bonds. The van der Waals surface area contributed by atoms with Crippen molar-refractivity contribution in [1.82, 2.24) is 5.32 Å². The van der Waals surface area contributed by atoms with Crippen molar-refractivity contribution in [3.05, 3.63) is 48.6 Å². The Hall–Kier alpha value is -1.85. The van der Waals surface area contributed by atoms with E-state index in [4.69, 9.17) is 9.47 Å². The Labute approximate surface area is 329 Å². The molecule has 7 atom stereocenters. The molecule has 7 unspecified atom stereocenters. The lowest BCUT2D eigenvalue weighted by molar-refractivity contribution is -0.302. The number of hydrogen-bond acceptors (Lipinski definition) is 8. The first-order valence-electron chi connectivity index (χ1n) is 21.9. The van der Waals surface area contributed by atoms with Gasteiger partial charge in [-0.15, -0.1) is 0 Å². The van der Waals surface area contributed by atoms with Gasteiger partial charge in [-0.1, -0.05) is 152 Å². The zero-order chi connectivity index (χ0) is 39.5. The molecule has 0 saturated carbocycles. The van der Waals surface area contributed by atoms with Crippen LogP contribution in [0.3, 0.4) is 0 Å². The van der Waals surface area contributed by atoms with E-state index in [-0.39, 0.29) is 12.5 Å². The van der Waals surface area contributed by atoms with E-state index in [0.29, 0.717) is 6.42 Å². The van der Waals surface area contributed by atoms with Gasteiger partial charge in [0.25, 0.3) is 0 Å². The SMILES string of the molecule is CCCC/C=C\CCCCCCCC(=O)NC(COC1OC(CO)C(O)C(O)C1O)C(O)/C=C/CC/C=C/CC/C=C/CCCCCCCCCCCC. The summed E-state index contributed by atoms with van der Waals surface area (Å²) < 4.78 is 11.2. The van der Waals surface area contributed by atoms with E-state index >= 15 is 0 Å². The molecule has 0 bridgehead atoms. The molecule has 1 fully saturated rings. The number of allylic oxidation sites excluding steroid dienone is 7. The van der Waals surface area contributed by atoms with Gasteiger partial charge in [-0.2, -0.15) is 0 Å². The van der Waals surface area contributed by atoms with Crippen LogP contribution in [0.4, 0.5) is 0 Å². The molecule has 1 rings (SSSR count). The molecule has 0 aromatic rings. The normalized spacial score (nSPS) is 21.9. The van der Waals surface area contributed by atoms with Crippen molar-refractivity contribution in [3.8, 4) is 0 Å². The summed E-state index contributed by atoms with van der Waals surface area (Å²) in [6.45, 7) is 3.68. The van der Waals surface area contributed by atoms with Gasteiger partial charge in [0.1, 0.15) is 24.4 Å². The predicted octanol–water partition coefficient (Wildman–Crippen LogP) is 8.67. The van der Waals surface area contributed by atoms with E-state index < -0.39 is 49.5 Å². The Balaban J connectivity index is 2.42. The minimum Gasteiger partial charge on any atom is -0.394 e. The third-order valence-corrected chi connectivity index (χ3v) is 10.1. The summed E-state index contributed by atoms with van der Waals surface area (Å²) in [5.74, 6) is -0.204. The first kappa shape index (κ1) is 50.2. The quantitative estimate of drug-likeness (QED) is 0.0278. The number of hydrogen-bond donors (Lipinski definition) is 6. The van der Waals surface area contributed by atoms with Gasteiger partial charge in [0.2, 0.25) is 5.91 Å². The maximum atomic E-state index is 12.9. The molecule has 1 saturated heterocycles. The van der Waals surface area contributed by atoms with Gasteiger partial charge in [0, 0.05) is 6.42 Å². The lowest BCUT2D eigenvalue weighted by atomic mass is 9.99. The number of amides is 1. The third-order valence-electron chi connectivity index (χ3n) is 10.1. The van der Waals surface area contributed by atoms with E-state index in [0.717, 1.165) is 70.6 Å². The van der Waals surface area contributed by atoms with E-state index in [1.807, 2.05) is 6.08 Å². The monoisotopic (exact) mass is 764 g/mol. The van der Waals surface area contributed by atoms with E-state index in [2.05, 4.69) is 55.6 Å². The smallest absolute Gasteiger partial charge is 0.220 e. The number of ether oxygens (including phenoxy) is 2. The molecule has 0 aliphatic carbocycles. The van der Waals surface area contributed by atoms with Crippen molar-refractivity contribution in [2.45, 2.75) is 217 Å². The number of carbonyl (C=O) groups is 1. The Kier molecular flexibility index (Phi) is 33.0. The lowest BCUT2D eigenvalue weighted by Crippen LogP contribution is -2.60. The number of rotatable bonds is 35. The molecule has 1 aliphatic heterocycles. The molecular formula is C45H81NO8. The maximum absolute atomic E-state index is 12.9. The number of unbranched alkanes of at least 4 members (excludes halogenated alkanes) is 19. The Morgan fingerprint density at radius 1 is 0.611 bits per heavy atom. The van der Waals surface area contributed by atoms with Crippen LogP contribution in [0.1, 0.15) is 174 Å². The molecule has 0 aromatic carbocycles. The van der Waals surface area contributed by atoms with Crippen molar-refractivity contribution in [2.75, 3.05) is 13.2 Å². The van der Waals surface area contributed by atoms with Gasteiger partial charge in [-0.25, -0.2) is 0 Å². The van der Waals surface area contributed by atoms with Crippen LogP contribution in [0.25, 0.3) is 0 Å². The zero-order valence-electron chi connectivity index (χ0n) is 34.2. The van der Waals surface area contributed by atoms with Gasteiger partial charge in [-0.3, -0.25) is 4.79 Å². The highest BCUT2D eigenvalue weighted by atomic mass is 16.7. The zero-order valence-corrected chi connectivity index (χ0v) is 34.2. The molecule has 0 radical (unpaired) electrons. The summed E-state index contributed by atoms with van der Waals surface area (Å²) in [6, 6.07) is -0.830. The largest absolute Gasteiger partial charge is 0.394 e. The molecule has 54 heavy (non-hydrogen) atoms. The topological polar surface area (TPSA) is 149 Å². The lowest BCUT2D eigenvalue weighted by Gasteiger charge is -2.40. The molecule has 1 heterocycles. The van der Waals surface area contributed by atoms with Gasteiger partial charge in [-0.05, 0) is 64.2 Å². The van der Waals surface area contributed by atoms with Crippen LogP contribution in [-0.4, -0.2) is 87.5 Å². The second kappa shape index (κ2) is 35.6. The first-order chi connectivity index (χ1) is 26.3. The van der Waals surface area contributed by atoms with Crippen LogP contribution < -0.4 is 5.32 Å². The Morgan fingerprint density at radius 3 is 1.61 bits per heavy atom. The van der Waals surface area contributed by atoms with Crippen LogP contribution in [-0.2, 0) is 14.3 Å². The van der Waals surface area contributed by atoms with E-state index in [1.165, 1.54) is 83.5 Å². The standard InChI is InChI=1S/C45H81NO8/c1-3-5-7-9-11-13-15-16-17-18-19-20-21-22-23-25-26-28-30-32-34-39(48)38(37-53-45-44(52)43(51)42(50)40(36-47)54-45)46-41(49)35-33-31-29-27-24-14-12-10-8-6-4-2/h10,12,20-21,25-26,32,34,38-40,42-45,47-48,50-52H,3-9,11,13-19,22-24,27-31,33,35-37H2,1-2H3,(H,46,49)/b12-10-,21-20+,26-25+,34-32+. The number of carbonyl (C=O) groups excluding carboxylic acids is 1. The maximum Gasteiger partial charge on any atom is 0.220 e. The van der Waals surface area contributed by atoms with Crippen LogP contribution in [0.2, 0.25) is 0 Å². The summed E-state index contributed by atoms with van der Waals surface area (Å²) in [6.07, 6.45) is 37.3. The van der Waals surface area contributed by atoms with Crippen molar-refractivity contribution < 1.29 is 39.8 Å². The summed E-state index contributed by atoms with van der Waals surface area (Å²) >= 11 is 0. The molecule has 1 aliphatic rings. The minimum absolute atomic E-state index is 0.204. The molecule has 0 aromatic heterocycles. The van der Waals surface area contributed by atoms with Gasteiger partial charge in [0.15, 0.2) is 6.29 Å². The fraction of sp³-hybridized carbons (Fsp3) is 0.800. The van der Waals surface area contributed by atoms with Crippen LogP contribution >= 0.6 is 0 Å². The third kappa shape index (κ3) is 26.1. The fourth-order valence-electron chi connectivity index (χ4n) is 6.52. The average molecular weight is 764 g/mol. The minimum atomic E-state index is -1.57. The van der Waals surface area contributed by atoms with Crippen molar-refractivity contribution >= 4 is 5.91 Å². The van der Waals surface area contributed by atoms with Gasteiger partial charge >= 0.3 is 0 Å². The van der Waals surface area contributed by atoms with Crippen LogP contribution in [0, 0.1) is 0 Å². The number of aliphatic hydroxyl groups is 5. The number of aliphatic hydroxyl groups excluding tert-OH is 5. The summed E-state index contributed by atoms with van der Waals surface area (Å²) in [4.78, 5) is 12.9. The van der Waals surface area contributed by atoms with Crippen molar-refractivity contribution in [3.63, 3.8) is 0 Å². The van der Waals surface area contributed by atoms with Crippen LogP contribution in [0.5, 0.6) is 0 Å². The summed E-state index contributed by atoms with van der Waals surface area (Å²) in [5.41, 5.74) is 0. The fourth-order valence-corrected chi connectivity index (χ4v) is 6.52. The number of nitrogens with one attached hydrogen (secondary N) is 1. The summed E-state index contributed by atoms with van der Waals surface area (Å²) in [7, 11) is 0. The van der Waals surface area contributed by atoms with Crippen molar-refractivity contribution in [1.29, 1.82) is 0 Å². The second-order valence-electron chi connectivity index (χ2n) is 15.1. The van der Waals surface area contributed by atoms with Gasteiger partial charge < -0.3 is 40.3 Å². The molecular weight excluding hydrogens is 682 g/mol. The predicted molar refractivity (Wildman–Crippen MR) is 221 cm³/mol. The molecule has 6 N–H and O–H groups in total. The molecule has 9 heteroatoms. The molecule has 314 valence electrons. The van der Waals surface area contributed by atoms with Gasteiger partial charge in [0.05, 0.1) is 25.4 Å². The Morgan fingerprint density at radius 2 is 1.07 bits per heavy atom. The highest BCUT2D eigenvalue weighted by molar-refractivity contribution is 5.76. The second-order valence-corrected chi connectivity index (χ2v) is 15.1. The highest BCUT2D eigenvalue weighted by Crippen LogP contribution is 2.22. The first-order valence-corrected chi connectivity index (χ1v) is 21.9. The molecule has 0 spiro atoms. The Bertz CT molecular complexity index is 983. The summed E-state index contributed by atoms with van der Waals surface area (Å²) in [5, 5.41) is 54.0. The highest BCUT2D eigenvalue weighted by Gasteiger charge is 2.44. The van der Waals surface area contributed by atoms with Crippen LogP contribution in [0.15, 0.2) is 48.6 Å².